The Kier molecular flexibility index (Phi) is 8.01. The fourth-order valence-corrected chi connectivity index (χ4v) is 3.08. The number of halogens is 2. The van der Waals surface area contributed by atoms with Crippen molar-refractivity contribution in [3.05, 3.63) is 34.9 Å². The van der Waals surface area contributed by atoms with Crippen molar-refractivity contribution in [2.45, 2.75) is 6.10 Å². The van der Waals surface area contributed by atoms with Crippen LogP contribution in [0.25, 0.3) is 0 Å². The number of nitrogens with zero attached hydrogens (tertiary/aromatic N) is 2. The summed E-state index contributed by atoms with van der Waals surface area (Å²) in [4.78, 5) is 6.32. The van der Waals surface area contributed by atoms with E-state index in [2.05, 4.69) is 9.89 Å². The smallest absolute Gasteiger partial charge is 0.191 e. The van der Waals surface area contributed by atoms with Crippen LogP contribution in [0.4, 0.5) is 0 Å². The lowest BCUT2D eigenvalue weighted by Crippen LogP contribution is -2.42. The largest absolute Gasteiger partial charge is 0.386 e. The van der Waals surface area contributed by atoms with Gasteiger partial charge in [-0.05, 0) is 6.07 Å². The normalized spacial score (nSPS) is 17.5. The first-order valence-corrected chi connectivity index (χ1v) is 7.77. The van der Waals surface area contributed by atoms with Crippen LogP contribution in [0.2, 0.25) is 5.02 Å². The molecule has 7 heteroatoms. The average molecular weight is 428 g/mol. The molecule has 1 saturated heterocycles. The molecule has 1 aromatic carbocycles. The van der Waals surface area contributed by atoms with Crippen LogP contribution in [0.5, 0.6) is 0 Å². The molecule has 0 aromatic heterocycles. The van der Waals surface area contributed by atoms with E-state index in [4.69, 9.17) is 17.3 Å². The number of rotatable bonds is 3. The zero-order valence-electron chi connectivity index (χ0n) is 11.0. The zero-order valence-corrected chi connectivity index (χ0v) is 14.9. The number of aliphatic hydroxyl groups is 1. The number of hydrogen-bond acceptors (Lipinski definition) is 3. The predicted molar refractivity (Wildman–Crippen MR) is 97.2 cm³/mol. The molecule has 0 radical (unpaired) electrons. The highest BCUT2D eigenvalue weighted by Gasteiger charge is 2.14. The van der Waals surface area contributed by atoms with Crippen molar-refractivity contribution in [1.82, 2.24) is 4.90 Å². The fraction of sp³-hybridized carbons (Fsp3) is 0.462. The monoisotopic (exact) mass is 427 g/mol. The third-order valence-corrected chi connectivity index (χ3v) is 4.31. The summed E-state index contributed by atoms with van der Waals surface area (Å²) in [6.07, 6.45) is -0.716. The zero-order chi connectivity index (χ0) is 13.7. The summed E-state index contributed by atoms with van der Waals surface area (Å²) in [6.45, 7) is 2.07. The average Bonchev–Trinajstić information content (AvgIpc) is 2.46. The molecule has 3 N–H and O–H groups in total. The second-order valence-corrected chi connectivity index (χ2v) is 5.97. The first kappa shape index (κ1) is 17.9. The van der Waals surface area contributed by atoms with Gasteiger partial charge in [0.1, 0.15) is 6.10 Å². The summed E-state index contributed by atoms with van der Waals surface area (Å²) in [6, 6.07) is 7.24. The Morgan fingerprint density at radius 3 is 2.70 bits per heavy atom. The summed E-state index contributed by atoms with van der Waals surface area (Å²) in [5.74, 6) is 2.65. The SMILES string of the molecule is I.NC(=NCC(O)c1ccccc1Cl)N1CCSCC1. The first-order chi connectivity index (χ1) is 9.18. The van der Waals surface area contributed by atoms with E-state index in [1.54, 1.807) is 12.1 Å². The maximum atomic E-state index is 10.1. The van der Waals surface area contributed by atoms with E-state index in [-0.39, 0.29) is 30.5 Å². The third kappa shape index (κ3) is 4.98. The second-order valence-electron chi connectivity index (χ2n) is 4.34. The molecule has 20 heavy (non-hydrogen) atoms. The van der Waals surface area contributed by atoms with E-state index in [9.17, 15) is 5.11 Å². The molecular weight excluding hydrogens is 409 g/mol. The lowest BCUT2D eigenvalue weighted by molar-refractivity contribution is 0.187. The lowest BCUT2D eigenvalue weighted by atomic mass is 10.1. The summed E-state index contributed by atoms with van der Waals surface area (Å²) in [5, 5.41) is 10.6. The molecule has 1 aliphatic heterocycles. The highest BCUT2D eigenvalue weighted by molar-refractivity contribution is 14.0. The van der Waals surface area contributed by atoms with Gasteiger partial charge in [-0.1, -0.05) is 29.8 Å². The number of hydrogen-bond donors (Lipinski definition) is 2. The Balaban J connectivity index is 0.00000200. The maximum Gasteiger partial charge on any atom is 0.191 e. The molecule has 112 valence electrons. The minimum atomic E-state index is -0.716. The highest BCUT2D eigenvalue weighted by atomic mass is 127. The van der Waals surface area contributed by atoms with Gasteiger partial charge < -0.3 is 15.7 Å². The number of aliphatic hydroxyl groups excluding tert-OH is 1. The quantitative estimate of drug-likeness (QED) is 0.442. The van der Waals surface area contributed by atoms with Crippen LogP contribution in [0.3, 0.4) is 0 Å². The van der Waals surface area contributed by atoms with Crippen LogP contribution in [0.1, 0.15) is 11.7 Å². The topological polar surface area (TPSA) is 61.9 Å². The van der Waals surface area contributed by atoms with Gasteiger partial charge in [0.15, 0.2) is 5.96 Å². The Morgan fingerprint density at radius 2 is 2.05 bits per heavy atom. The van der Waals surface area contributed by atoms with Gasteiger partial charge in [-0.3, -0.25) is 4.99 Å². The van der Waals surface area contributed by atoms with Crippen LogP contribution in [0, 0.1) is 0 Å². The van der Waals surface area contributed by atoms with E-state index in [1.807, 2.05) is 23.9 Å². The molecule has 1 aromatic rings. The highest BCUT2D eigenvalue weighted by Crippen LogP contribution is 2.22. The van der Waals surface area contributed by atoms with Gasteiger partial charge >= 0.3 is 0 Å². The van der Waals surface area contributed by atoms with Crippen molar-refractivity contribution in [3.8, 4) is 0 Å². The van der Waals surface area contributed by atoms with Gasteiger partial charge in [0, 0.05) is 35.2 Å². The molecule has 1 atom stereocenters. The number of guanidine groups is 1. The molecule has 2 rings (SSSR count). The van der Waals surface area contributed by atoms with Crippen LogP contribution in [0.15, 0.2) is 29.3 Å². The minimum Gasteiger partial charge on any atom is -0.386 e. The number of nitrogens with two attached hydrogens (primary N) is 1. The van der Waals surface area contributed by atoms with E-state index in [0.29, 0.717) is 16.5 Å². The number of thioether (sulfide) groups is 1. The molecule has 1 fully saturated rings. The fourth-order valence-electron chi connectivity index (χ4n) is 1.92. The second kappa shape index (κ2) is 8.96. The summed E-state index contributed by atoms with van der Waals surface area (Å²) < 4.78 is 0. The Morgan fingerprint density at radius 1 is 1.40 bits per heavy atom. The van der Waals surface area contributed by atoms with Crippen molar-refractivity contribution >= 4 is 53.3 Å². The van der Waals surface area contributed by atoms with Gasteiger partial charge in [0.25, 0.3) is 0 Å². The number of aliphatic imine (C=N–C) groups is 1. The van der Waals surface area contributed by atoms with Gasteiger partial charge in [0.2, 0.25) is 0 Å². The predicted octanol–water partition coefficient (Wildman–Crippen LogP) is 2.35. The lowest BCUT2D eigenvalue weighted by Gasteiger charge is -2.27. The minimum absolute atomic E-state index is 0. The molecule has 0 saturated carbocycles. The van der Waals surface area contributed by atoms with Crippen molar-refractivity contribution in [1.29, 1.82) is 0 Å². The molecule has 4 nitrogen and oxygen atoms in total. The molecular formula is C13H19ClIN3OS. The van der Waals surface area contributed by atoms with E-state index >= 15 is 0 Å². The van der Waals surface area contributed by atoms with Crippen molar-refractivity contribution in [2.75, 3.05) is 31.1 Å². The summed E-state index contributed by atoms with van der Waals surface area (Å²) in [7, 11) is 0. The Hall–Kier alpha value is -0.180. The summed E-state index contributed by atoms with van der Waals surface area (Å²) >= 11 is 7.95. The molecule has 0 aliphatic carbocycles. The molecule has 0 spiro atoms. The Labute approximate surface area is 145 Å². The van der Waals surface area contributed by atoms with Crippen LogP contribution in [-0.2, 0) is 0 Å². The van der Waals surface area contributed by atoms with Crippen molar-refractivity contribution < 1.29 is 5.11 Å². The van der Waals surface area contributed by atoms with Gasteiger partial charge in [-0.2, -0.15) is 11.8 Å². The molecule has 1 unspecified atom stereocenters. The standard InChI is InChI=1S/C13H18ClN3OS.HI/c14-11-4-2-1-3-10(11)12(18)9-16-13(15)17-5-7-19-8-6-17;/h1-4,12,18H,5-9H2,(H2,15,16);1H. The Bertz CT molecular complexity index is 455. The van der Waals surface area contributed by atoms with E-state index in [0.717, 1.165) is 24.6 Å². The van der Waals surface area contributed by atoms with Crippen LogP contribution >= 0.6 is 47.3 Å². The number of benzene rings is 1. The molecule has 0 amide bonds. The third-order valence-electron chi connectivity index (χ3n) is 3.03. The molecule has 1 heterocycles. The van der Waals surface area contributed by atoms with Crippen LogP contribution in [-0.4, -0.2) is 47.1 Å². The van der Waals surface area contributed by atoms with Gasteiger partial charge in [-0.25, -0.2) is 0 Å². The van der Waals surface area contributed by atoms with Crippen molar-refractivity contribution in [2.24, 2.45) is 10.7 Å². The first-order valence-electron chi connectivity index (χ1n) is 6.23. The van der Waals surface area contributed by atoms with Gasteiger partial charge in [0.05, 0.1) is 6.54 Å². The van der Waals surface area contributed by atoms with Crippen molar-refractivity contribution in [3.63, 3.8) is 0 Å². The van der Waals surface area contributed by atoms with E-state index in [1.165, 1.54) is 0 Å². The summed E-state index contributed by atoms with van der Waals surface area (Å²) in [5.41, 5.74) is 6.63. The molecule has 1 aliphatic rings. The van der Waals surface area contributed by atoms with Gasteiger partial charge in [-0.15, -0.1) is 24.0 Å². The van der Waals surface area contributed by atoms with Crippen LogP contribution < -0.4 is 5.73 Å². The maximum absolute atomic E-state index is 10.1. The molecule has 0 bridgehead atoms. The van der Waals surface area contributed by atoms with E-state index < -0.39 is 6.10 Å².